The first kappa shape index (κ1) is 20.1. The second kappa shape index (κ2) is 9.46. The number of rotatable bonds is 7. The minimum Gasteiger partial charge on any atom is -0.477 e. The quantitative estimate of drug-likeness (QED) is 0.700. The minimum absolute atomic E-state index is 0.283. The zero-order chi connectivity index (χ0) is 19.1. The number of nitrogens with one attached hydrogen (secondary N) is 1. The van der Waals surface area contributed by atoms with Crippen LogP contribution in [0, 0.1) is 0 Å². The highest BCUT2D eigenvalue weighted by molar-refractivity contribution is 6.35. The molecule has 0 bridgehead atoms. The van der Waals surface area contributed by atoms with Gasteiger partial charge in [0.2, 0.25) is 0 Å². The molecule has 0 radical (unpaired) electrons. The van der Waals surface area contributed by atoms with Crippen molar-refractivity contribution in [3.05, 3.63) is 58.1 Å². The topological polar surface area (TPSA) is 64.6 Å². The molecule has 1 atom stereocenters. The summed E-state index contributed by atoms with van der Waals surface area (Å²) in [4.78, 5) is 23.8. The van der Waals surface area contributed by atoms with Gasteiger partial charge in [-0.05, 0) is 49.2 Å². The molecule has 0 heterocycles. The molecule has 2 rings (SSSR count). The lowest BCUT2D eigenvalue weighted by molar-refractivity contribution is -0.153. The Kier molecular flexibility index (Phi) is 7.30. The summed E-state index contributed by atoms with van der Waals surface area (Å²) in [6.07, 6.45) is -0.00762. The second-order valence-corrected chi connectivity index (χ2v) is 6.38. The first-order valence-corrected chi connectivity index (χ1v) is 8.81. The smallest absolute Gasteiger partial charge is 0.347 e. The molecule has 26 heavy (non-hydrogen) atoms. The zero-order valence-electron chi connectivity index (χ0n) is 14.4. The molecule has 0 aromatic heterocycles. The van der Waals surface area contributed by atoms with Crippen LogP contribution in [0.4, 0.5) is 5.69 Å². The van der Waals surface area contributed by atoms with E-state index in [0.29, 0.717) is 16.5 Å². The largest absolute Gasteiger partial charge is 0.477 e. The highest BCUT2D eigenvalue weighted by Crippen LogP contribution is 2.28. The van der Waals surface area contributed by atoms with Crippen LogP contribution in [0.3, 0.4) is 0 Å². The molecule has 138 valence electrons. The summed E-state index contributed by atoms with van der Waals surface area (Å²) in [6, 6.07) is 12.1. The van der Waals surface area contributed by atoms with Crippen LogP contribution in [0.15, 0.2) is 42.5 Å². The van der Waals surface area contributed by atoms with Crippen LogP contribution in [0.25, 0.3) is 0 Å². The van der Waals surface area contributed by atoms with Crippen LogP contribution in [-0.4, -0.2) is 24.6 Å². The van der Waals surface area contributed by atoms with Crippen LogP contribution in [-0.2, 0) is 20.7 Å². The summed E-state index contributed by atoms with van der Waals surface area (Å²) >= 11 is 11.8. The Bertz CT molecular complexity index is 778. The maximum Gasteiger partial charge on any atom is 0.347 e. The van der Waals surface area contributed by atoms with E-state index in [1.165, 1.54) is 18.6 Å². The normalized spacial score (nSPS) is 11.5. The molecule has 2 aromatic rings. The summed E-state index contributed by atoms with van der Waals surface area (Å²) in [7, 11) is 0. The Morgan fingerprint density at radius 1 is 1.12 bits per heavy atom. The van der Waals surface area contributed by atoms with Gasteiger partial charge in [-0.2, -0.15) is 0 Å². The number of hydrogen-bond acceptors (Lipinski definition) is 4. The Morgan fingerprint density at radius 3 is 2.42 bits per heavy atom. The molecule has 0 spiro atoms. The first-order chi connectivity index (χ1) is 12.4. The van der Waals surface area contributed by atoms with E-state index in [-0.39, 0.29) is 5.02 Å². The number of benzene rings is 2. The van der Waals surface area contributed by atoms with Crippen LogP contribution in [0.1, 0.15) is 19.4 Å². The van der Waals surface area contributed by atoms with E-state index in [0.717, 1.165) is 6.42 Å². The predicted molar refractivity (Wildman–Crippen MR) is 102 cm³/mol. The number of hydrogen-bond donors (Lipinski definition) is 1. The summed E-state index contributed by atoms with van der Waals surface area (Å²) in [6.45, 7) is 3.15. The van der Waals surface area contributed by atoms with E-state index in [1.54, 1.807) is 24.3 Å². The number of carbonyl (C=O) groups excluding carboxylic acids is 2. The number of ether oxygens (including phenoxy) is 2. The molecule has 0 saturated carbocycles. The fourth-order valence-electron chi connectivity index (χ4n) is 2.08. The maximum atomic E-state index is 12.0. The Hall–Kier alpha value is -2.24. The molecular weight excluding hydrogens is 377 g/mol. The minimum atomic E-state index is -0.926. The Labute approximate surface area is 162 Å². The van der Waals surface area contributed by atoms with Gasteiger partial charge in [0.1, 0.15) is 5.75 Å². The fourth-order valence-corrected chi connectivity index (χ4v) is 2.54. The third kappa shape index (κ3) is 5.93. The summed E-state index contributed by atoms with van der Waals surface area (Å²) in [5, 5.41) is 3.40. The fraction of sp³-hybridized carbons (Fsp3) is 0.263. The van der Waals surface area contributed by atoms with Gasteiger partial charge in [-0.25, -0.2) is 4.79 Å². The number of halogens is 2. The molecule has 0 aliphatic heterocycles. The monoisotopic (exact) mass is 395 g/mol. The van der Waals surface area contributed by atoms with Gasteiger partial charge in [0.15, 0.2) is 12.7 Å². The van der Waals surface area contributed by atoms with E-state index >= 15 is 0 Å². The molecule has 0 fully saturated rings. The van der Waals surface area contributed by atoms with Crippen LogP contribution < -0.4 is 10.1 Å². The van der Waals surface area contributed by atoms with Crippen molar-refractivity contribution in [2.24, 2.45) is 0 Å². The highest BCUT2D eigenvalue weighted by atomic mass is 35.5. The van der Waals surface area contributed by atoms with Crippen LogP contribution >= 0.6 is 23.2 Å². The molecule has 1 amide bonds. The number of aryl methyl sites for hydroxylation is 1. The molecular formula is C19H19Cl2NO4. The third-order valence-electron chi connectivity index (χ3n) is 3.52. The summed E-state index contributed by atoms with van der Waals surface area (Å²) in [5.74, 6) is -0.798. The second-order valence-electron chi connectivity index (χ2n) is 5.54. The molecule has 0 aliphatic carbocycles. The number of carbonyl (C=O) groups is 2. The van der Waals surface area contributed by atoms with Crippen molar-refractivity contribution in [2.45, 2.75) is 26.4 Å². The van der Waals surface area contributed by atoms with E-state index in [2.05, 4.69) is 5.32 Å². The Balaban J connectivity index is 1.81. The highest BCUT2D eigenvalue weighted by Gasteiger charge is 2.19. The van der Waals surface area contributed by atoms with Crippen molar-refractivity contribution in [3.63, 3.8) is 0 Å². The molecule has 2 aromatic carbocycles. The van der Waals surface area contributed by atoms with Crippen molar-refractivity contribution in [3.8, 4) is 5.75 Å². The van der Waals surface area contributed by atoms with Crippen LogP contribution in [0.5, 0.6) is 5.75 Å². The van der Waals surface area contributed by atoms with Crippen molar-refractivity contribution in [1.82, 2.24) is 0 Å². The zero-order valence-corrected chi connectivity index (χ0v) is 15.9. The molecule has 0 aliphatic rings. The van der Waals surface area contributed by atoms with Gasteiger partial charge in [-0.1, -0.05) is 42.3 Å². The van der Waals surface area contributed by atoms with Crippen LogP contribution in [0.2, 0.25) is 10.0 Å². The SMILES string of the molecule is CCc1ccc(NC(=O)COC(=O)[C@@H](C)Oc2ccc(Cl)cc2Cl)cc1. The molecule has 7 heteroatoms. The lowest BCUT2D eigenvalue weighted by Gasteiger charge is -2.15. The van der Waals surface area contributed by atoms with Crippen molar-refractivity contribution in [2.75, 3.05) is 11.9 Å². The van der Waals surface area contributed by atoms with Gasteiger partial charge >= 0.3 is 5.97 Å². The van der Waals surface area contributed by atoms with Crippen molar-refractivity contribution < 1.29 is 19.1 Å². The molecule has 0 saturated heterocycles. The third-order valence-corrected chi connectivity index (χ3v) is 4.05. The first-order valence-electron chi connectivity index (χ1n) is 8.06. The van der Waals surface area contributed by atoms with E-state index in [9.17, 15) is 9.59 Å². The molecule has 1 N–H and O–H groups in total. The number of amides is 1. The molecule has 5 nitrogen and oxygen atoms in total. The van der Waals surface area contributed by atoms with Gasteiger partial charge in [-0.15, -0.1) is 0 Å². The van der Waals surface area contributed by atoms with Gasteiger partial charge in [0.05, 0.1) is 5.02 Å². The van der Waals surface area contributed by atoms with Crippen molar-refractivity contribution >= 4 is 40.8 Å². The van der Waals surface area contributed by atoms with Gasteiger partial charge in [-0.3, -0.25) is 4.79 Å². The average Bonchev–Trinajstić information content (AvgIpc) is 2.62. The van der Waals surface area contributed by atoms with Gasteiger partial charge < -0.3 is 14.8 Å². The van der Waals surface area contributed by atoms with Crippen molar-refractivity contribution in [1.29, 1.82) is 0 Å². The number of esters is 1. The van der Waals surface area contributed by atoms with E-state index in [4.69, 9.17) is 32.7 Å². The maximum absolute atomic E-state index is 12.0. The van der Waals surface area contributed by atoms with E-state index < -0.39 is 24.6 Å². The standard InChI is InChI=1S/C19H19Cl2NO4/c1-3-13-4-7-15(8-5-13)22-18(23)11-25-19(24)12(2)26-17-9-6-14(20)10-16(17)21/h4-10,12H,3,11H2,1-2H3,(H,22,23)/t12-/m1/s1. The summed E-state index contributed by atoms with van der Waals surface area (Å²) < 4.78 is 10.4. The lowest BCUT2D eigenvalue weighted by atomic mass is 10.1. The van der Waals surface area contributed by atoms with Gasteiger partial charge in [0, 0.05) is 10.7 Å². The van der Waals surface area contributed by atoms with E-state index in [1.807, 2.05) is 19.1 Å². The number of anilines is 1. The lowest BCUT2D eigenvalue weighted by Crippen LogP contribution is -2.29. The average molecular weight is 396 g/mol. The Morgan fingerprint density at radius 2 is 1.81 bits per heavy atom. The summed E-state index contributed by atoms with van der Waals surface area (Å²) in [5.41, 5.74) is 1.81. The van der Waals surface area contributed by atoms with Gasteiger partial charge in [0.25, 0.3) is 5.91 Å². The molecule has 0 unspecified atom stereocenters. The predicted octanol–water partition coefficient (Wildman–Crippen LogP) is 4.51.